The molecule has 0 saturated carbocycles. The summed E-state index contributed by atoms with van der Waals surface area (Å²) in [7, 11) is 0. The van der Waals surface area contributed by atoms with Gasteiger partial charge in [0.25, 0.3) is 5.69 Å². The van der Waals surface area contributed by atoms with Gasteiger partial charge in [-0.3, -0.25) is 19.7 Å². The van der Waals surface area contributed by atoms with Gasteiger partial charge in [0.1, 0.15) is 5.75 Å². The molecule has 10 heteroatoms. The van der Waals surface area contributed by atoms with E-state index in [0.717, 1.165) is 17.3 Å². The van der Waals surface area contributed by atoms with Gasteiger partial charge in [0, 0.05) is 30.2 Å². The first-order valence-electron chi connectivity index (χ1n) is 9.75. The SMILES string of the molecule is CCOc1ccc([C@H]2CC(=O)NC(SCC(=O)Nc3ccc([N+](=O)[O-])cc3)=C2C#N)cc1. The Morgan fingerprint density at radius 2 is 1.97 bits per heavy atom. The van der Waals surface area contributed by atoms with Crippen molar-refractivity contribution in [1.29, 1.82) is 5.26 Å². The molecule has 0 spiro atoms. The highest BCUT2D eigenvalue weighted by Gasteiger charge is 2.30. The molecule has 32 heavy (non-hydrogen) atoms. The van der Waals surface area contributed by atoms with Gasteiger partial charge < -0.3 is 15.4 Å². The van der Waals surface area contributed by atoms with E-state index < -0.39 is 10.8 Å². The monoisotopic (exact) mass is 452 g/mol. The number of anilines is 1. The number of nitrogens with one attached hydrogen (secondary N) is 2. The van der Waals surface area contributed by atoms with Crippen LogP contribution in [0.15, 0.2) is 59.1 Å². The summed E-state index contributed by atoms with van der Waals surface area (Å²) in [5.41, 5.74) is 1.54. The van der Waals surface area contributed by atoms with E-state index >= 15 is 0 Å². The van der Waals surface area contributed by atoms with E-state index in [-0.39, 0.29) is 29.7 Å². The highest BCUT2D eigenvalue weighted by atomic mass is 32.2. The Hall–Kier alpha value is -3.84. The lowest BCUT2D eigenvalue weighted by Gasteiger charge is -2.25. The smallest absolute Gasteiger partial charge is 0.269 e. The Labute approximate surface area is 188 Å². The molecule has 0 unspecified atom stereocenters. The third-order valence-corrected chi connectivity index (χ3v) is 5.68. The Bertz CT molecular complexity index is 1090. The molecule has 164 valence electrons. The van der Waals surface area contributed by atoms with Crippen molar-refractivity contribution in [2.24, 2.45) is 0 Å². The highest BCUT2D eigenvalue weighted by Crippen LogP contribution is 2.36. The van der Waals surface area contributed by atoms with Crippen molar-refractivity contribution in [2.45, 2.75) is 19.3 Å². The number of carbonyl (C=O) groups is 2. The number of rotatable bonds is 8. The zero-order chi connectivity index (χ0) is 23.1. The molecule has 0 fully saturated rings. The number of nitrogens with zero attached hydrogens (tertiary/aromatic N) is 2. The number of non-ortho nitro benzene ring substituents is 1. The van der Waals surface area contributed by atoms with Crippen molar-refractivity contribution in [1.82, 2.24) is 5.32 Å². The molecule has 2 aromatic rings. The van der Waals surface area contributed by atoms with Gasteiger partial charge in [-0.05, 0) is 36.8 Å². The van der Waals surface area contributed by atoms with E-state index in [4.69, 9.17) is 4.74 Å². The van der Waals surface area contributed by atoms with Crippen LogP contribution in [0.5, 0.6) is 5.75 Å². The minimum atomic E-state index is -0.524. The number of amides is 2. The number of nitro benzene ring substituents is 1. The lowest BCUT2D eigenvalue weighted by atomic mass is 9.87. The van der Waals surface area contributed by atoms with E-state index in [2.05, 4.69) is 16.7 Å². The van der Waals surface area contributed by atoms with Gasteiger partial charge in [-0.15, -0.1) is 0 Å². The second-order valence-electron chi connectivity index (χ2n) is 6.80. The fraction of sp³-hybridized carbons (Fsp3) is 0.227. The van der Waals surface area contributed by atoms with E-state index in [0.29, 0.717) is 28.6 Å². The third kappa shape index (κ3) is 5.65. The van der Waals surface area contributed by atoms with Crippen molar-refractivity contribution in [3.63, 3.8) is 0 Å². The summed E-state index contributed by atoms with van der Waals surface area (Å²) in [4.78, 5) is 34.8. The molecule has 0 bridgehead atoms. The molecule has 1 heterocycles. The lowest BCUT2D eigenvalue weighted by Crippen LogP contribution is -2.31. The maximum absolute atomic E-state index is 12.3. The third-order valence-electron chi connectivity index (χ3n) is 4.66. The second-order valence-corrected chi connectivity index (χ2v) is 7.79. The lowest BCUT2D eigenvalue weighted by molar-refractivity contribution is -0.384. The molecule has 0 aliphatic carbocycles. The summed E-state index contributed by atoms with van der Waals surface area (Å²) in [5.74, 6) is -0.359. The molecule has 0 aromatic heterocycles. The Kier molecular flexibility index (Phi) is 7.46. The number of thioether (sulfide) groups is 1. The summed E-state index contributed by atoms with van der Waals surface area (Å²) in [6, 6.07) is 14.9. The zero-order valence-electron chi connectivity index (χ0n) is 17.2. The van der Waals surface area contributed by atoms with E-state index in [9.17, 15) is 25.0 Å². The minimum absolute atomic E-state index is 0.0478. The van der Waals surface area contributed by atoms with Crippen molar-refractivity contribution >= 4 is 35.0 Å². The number of nitro groups is 1. The first-order chi connectivity index (χ1) is 15.4. The molecule has 2 aromatic carbocycles. The van der Waals surface area contributed by atoms with Gasteiger partial charge in [-0.25, -0.2) is 0 Å². The number of benzene rings is 2. The maximum Gasteiger partial charge on any atom is 0.269 e. The summed E-state index contributed by atoms with van der Waals surface area (Å²) in [5, 5.41) is 26.1. The minimum Gasteiger partial charge on any atom is -0.494 e. The normalized spacial score (nSPS) is 15.5. The standard InChI is InChI=1S/C22H20N4O5S/c1-2-31-17-9-3-14(4-10-17)18-11-20(27)25-22(19(18)12-23)32-13-21(28)24-15-5-7-16(8-6-15)26(29)30/h3-10,18H,2,11,13H2,1H3,(H,24,28)(H,25,27)/t18-/m1/s1. The van der Waals surface area contributed by atoms with Crippen molar-refractivity contribution in [3.05, 3.63) is 74.8 Å². The number of hydrogen-bond acceptors (Lipinski definition) is 7. The largest absolute Gasteiger partial charge is 0.494 e. The fourth-order valence-electron chi connectivity index (χ4n) is 3.18. The predicted octanol–water partition coefficient (Wildman–Crippen LogP) is 3.70. The van der Waals surface area contributed by atoms with Gasteiger partial charge in [-0.2, -0.15) is 5.26 Å². The van der Waals surface area contributed by atoms with Gasteiger partial charge in [0.05, 0.1) is 34.0 Å². The van der Waals surface area contributed by atoms with Crippen LogP contribution in [-0.4, -0.2) is 29.1 Å². The van der Waals surface area contributed by atoms with E-state index in [1.54, 1.807) is 12.1 Å². The van der Waals surface area contributed by atoms with Crippen LogP contribution in [-0.2, 0) is 9.59 Å². The summed E-state index contributed by atoms with van der Waals surface area (Å²) >= 11 is 1.06. The van der Waals surface area contributed by atoms with Crippen LogP contribution in [0.1, 0.15) is 24.8 Å². The van der Waals surface area contributed by atoms with Crippen LogP contribution in [0, 0.1) is 21.4 Å². The van der Waals surface area contributed by atoms with Crippen molar-refractivity contribution in [3.8, 4) is 11.8 Å². The van der Waals surface area contributed by atoms with Gasteiger partial charge in [-0.1, -0.05) is 23.9 Å². The zero-order valence-corrected chi connectivity index (χ0v) is 18.0. The summed E-state index contributed by atoms with van der Waals surface area (Å²) < 4.78 is 5.44. The second kappa shape index (κ2) is 10.5. The van der Waals surface area contributed by atoms with Crippen molar-refractivity contribution < 1.29 is 19.2 Å². The number of allylic oxidation sites excluding steroid dienone is 1. The first kappa shape index (κ1) is 22.8. The molecular weight excluding hydrogens is 432 g/mol. The van der Waals surface area contributed by atoms with Crippen LogP contribution in [0.3, 0.4) is 0 Å². The molecular formula is C22H20N4O5S. The average Bonchev–Trinajstić information content (AvgIpc) is 2.78. The molecule has 1 aliphatic rings. The molecule has 2 N–H and O–H groups in total. The molecule has 0 radical (unpaired) electrons. The van der Waals surface area contributed by atoms with Gasteiger partial charge in [0.2, 0.25) is 11.8 Å². The highest BCUT2D eigenvalue weighted by molar-refractivity contribution is 8.03. The molecule has 2 amide bonds. The number of nitriles is 1. The number of hydrogen-bond donors (Lipinski definition) is 2. The van der Waals surface area contributed by atoms with E-state index in [1.807, 2.05) is 19.1 Å². The van der Waals surface area contributed by atoms with Gasteiger partial charge >= 0.3 is 0 Å². The molecule has 1 atom stereocenters. The van der Waals surface area contributed by atoms with E-state index in [1.165, 1.54) is 24.3 Å². The fourth-order valence-corrected chi connectivity index (χ4v) is 4.06. The van der Waals surface area contributed by atoms with Crippen LogP contribution < -0.4 is 15.4 Å². The molecule has 3 rings (SSSR count). The Morgan fingerprint density at radius 3 is 2.56 bits per heavy atom. The van der Waals surface area contributed by atoms with Crippen LogP contribution in [0.4, 0.5) is 11.4 Å². The number of carbonyl (C=O) groups excluding carboxylic acids is 2. The van der Waals surface area contributed by atoms with Crippen LogP contribution in [0.25, 0.3) is 0 Å². The summed E-state index contributed by atoms with van der Waals surface area (Å²) in [6.45, 7) is 2.43. The maximum atomic E-state index is 12.3. The molecule has 9 nitrogen and oxygen atoms in total. The predicted molar refractivity (Wildman–Crippen MR) is 120 cm³/mol. The van der Waals surface area contributed by atoms with Crippen LogP contribution >= 0.6 is 11.8 Å². The molecule has 0 saturated heterocycles. The van der Waals surface area contributed by atoms with Crippen molar-refractivity contribution in [2.75, 3.05) is 17.7 Å². The Balaban J connectivity index is 1.70. The quantitative estimate of drug-likeness (QED) is 0.460. The summed E-state index contributed by atoms with van der Waals surface area (Å²) in [6.07, 6.45) is 0.135. The Morgan fingerprint density at radius 1 is 1.28 bits per heavy atom. The first-order valence-corrected chi connectivity index (χ1v) is 10.7. The van der Waals surface area contributed by atoms with Gasteiger partial charge in [0.15, 0.2) is 0 Å². The topological polar surface area (TPSA) is 134 Å². The number of ether oxygens (including phenoxy) is 1. The van der Waals surface area contributed by atoms with Crippen LogP contribution in [0.2, 0.25) is 0 Å². The average molecular weight is 452 g/mol. The molecule has 1 aliphatic heterocycles.